The van der Waals surface area contributed by atoms with E-state index in [1.807, 2.05) is 0 Å². The Balaban J connectivity index is 0.00000225. The fraction of sp³-hybridized carbons (Fsp3) is 0.444. The average molecular weight is 367 g/mol. The predicted molar refractivity (Wildman–Crippen MR) is 98.1 cm³/mol. The fourth-order valence-electron chi connectivity index (χ4n) is 3.09. The van der Waals surface area contributed by atoms with Crippen LogP contribution in [-0.4, -0.2) is 35.3 Å². The Morgan fingerprint density at radius 1 is 1.36 bits per heavy atom. The predicted octanol–water partition coefficient (Wildman–Crippen LogP) is 2.86. The zero-order chi connectivity index (χ0) is 17.2. The molecule has 0 saturated carbocycles. The van der Waals surface area contributed by atoms with Crippen molar-refractivity contribution in [2.24, 2.45) is 5.41 Å². The Kier molecular flexibility index (Phi) is 6.19. The van der Waals surface area contributed by atoms with Gasteiger partial charge >= 0.3 is 0 Å². The summed E-state index contributed by atoms with van der Waals surface area (Å²) in [4.78, 5) is 12.5. The largest absolute Gasteiger partial charge is 0.351 e. The van der Waals surface area contributed by atoms with Crippen LogP contribution >= 0.6 is 12.4 Å². The normalized spacial score (nSPS) is 16.1. The van der Waals surface area contributed by atoms with Crippen molar-refractivity contribution in [3.8, 4) is 5.69 Å². The third kappa shape index (κ3) is 4.19. The Morgan fingerprint density at radius 2 is 2.04 bits per heavy atom. The highest BCUT2D eigenvalue weighted by atomic mass is 35.5. The summed E-state index contributed by atoms with van der Waals surface area (Å²) in [5.41, 5.74) is 1.58. The molecule has 3 rings (SSSR count). The number of amides is 1. The van der Waals surface area contributed by atoms with E-state index in [1.54, 1.807) is 25.1 Å². The van der Waals surface area contributed by atoms with Crippen molar-refractivity contribution >= 4 is 18.3 Å². The minimum Gasteiger partial charge on any atom is -0.351 e. The molecule has 0 unspecified atom stereocenters. The highest BCUT2D eigenvalue weighted by molar-refractivity contribution is 5.95. The molecule has 2 aromatic rings. The second-order valence-electron chi connectivity index (χ2n) is 6.75. The first kappa shape index (κ1) is 19.4. The van der Waals surface area contributed by atoms with Crippen molar-refractivity contribution < 1.29 is 9.18 Å². The van der Waals surface area contributed by atoms with Gasteiger partial charge in [0, 0.05) is 6.54 Å². The summed E-state index contributed by atoms with van der Waals surface area (Å²) >= 11 is 0. The van der Waals surface area contributed by atoms with Crippen LogP contribution < -0.4 is 10.6 Å². The van der Waals surface area contributed by atoms with Crippen LogP contribution in [0.15, 0.2) is 30.5 Å². The highest BCUT2D eigenvalue weighted by Gasteiger charge is 2.27. The molecule has 1 aliphatic rings. The molecule has 1 aromatic carbocycles. The monoisotopic (exact) mass is 366 g/mol. The van der Waals surface area contributed by atoms with E-state index in [0.717, 1.165) is 25.9 Å². The lowest BCUT2D eigenvalue weighted by Crippen LogP contribution is -2.43. The van der Waals surface area contributed by atoms with Crippen LogP contribution in [-0.2, 0) is 0 Å². The van der Waals surface area contributed by atoms with Gasteiger partial charge in [-0.3, -0.25) is 4.79 Å². The van der Waals surface area contributed by atoms with Gasteiger partial charge in [0.05, 0.1) is 17.5 Å². The Bertz CT molecular complexity index is 740. The lowest BCUT2D eigenvalue weighted by Gasteiger charge is -2.34. The topological polar surface area (TPSA) is 59.0 Å². The van der Waals surface area contributed by atoms with Crippen molar-refractivity contribution in [2.45, 2.75) is 26.7 Å². The van der Waals surface area contributed by atoms with Crippen molar-refractivity contribution in [3.05, 3.63) is 47.5 Å². The number of hydrogen-bond donors (Lipinski definition) is 2. The van der Waals surface area contributed by atoms with E-state index in [9.17, 15) is 9.18 Å². The summed E-state index contributed by atoms with van der Waals surface area (Å²) in [5.74, 6) is -0.521. The minimum absolute atomic E-state index is 0. The first-order chi connectivity index (χ1) is 11.5. The number of halogens is 2. The molecule has 25 heavy (non-hydrogen) atoms. The number of carbonyl (C=O) groups excluding carboxylic acids is 1. The van der Waals surface area contributed by atoms with Gasteiger partial charge in [-0.05, 0) is 50.4 Å². The molecule has 1 aliphatic heterocycles. The third-order valence-electron chi connectivity index (χ3n) is 4.82. The zero-order valence-electron chi connectivity index (χ0n) is 14.5. The second kappa shape index (κ2) is 7.97. The van der Waals surface area contributed by atoms with Crippen LogP contribution in [0, 0.1) is 18.2 Å². The van der Waals surface area contributed by atoms with Gasteiger partial charge in [-0.2, -0.15) is 5.10 Å². The molecule has 1 fully saturated rings. The van der Waals surface area contributed by atoms with Gasteiger partial charge in [-0.25, -0.2) is 9.07 Å². The molecule has 1 aromatic heterocycles. The number of aromatic nitrogens is 2. The van der Waals surface area contributed by atoms with E-state index >= 15 is 0 Å². The number of rotatable bonds is 4. The molecular weight excluding hydrogens is 343 g/mol. The quantitative estimate of drug-likeness (QED) is 0.874. The van der Waals surface area contributed by atoms with E-state index in [0.29, 0.717) is 23.5 Å². The van der Waals surface area contributed by atoms with Crippen molar-refractivity contribution in [1.82, 2.24) is 20.4 Å². The molecule has 0 spiro atoms. The van der Waals surface area contributed by atoms with E-state index in [4.69, 9.17) is 0 Å². The Hall–Kier alpha value is -1.92. The van der Waals surface area contributed by atoms with E-state index in [2.05, 4.69) is 22.7 Å². The summed E-state index contributed by atoms with van der Waals surface area (Å²) in [5, 5.41) is 10.5. The molecular formula is C18H24ClFN4O. The minimum atomic E-state index is -0.363. The van der Waals surface area contributed by atoms with Gasteiger partial charge in [-0.15, -0.1) is 12.4 Å². The maximum Gasteiger partial charge on any atom is 0.254 e. The smallest absolute Gasteiger partial charge is 0.254 e. The molecule has 7 heteroatoms. The first-order valence-corrected chi connectivity index (χ1v) is 8.29. The third-order valence-corrected chi connectivity index (χ3v) is 4.82. The van der Waals surface area contributed by atoms with Crippen molar-refractivity contribution in [2.75, 3.05) is 19.6 Å². The van der Waals surface area contributed by atoms with Gasteiger partial charge in [0.15, 0.2) is 0 Å². The molecule has 0 atom stereocenters. The molecule has 0 aliphatic carbocycles. The SMILES string of the molecule is Cc1c(C(=O)NCC2(C)CCNCC2)cnn1-c1ccccc1F.Cl. The molecule has 1 amide bonds. The summed E-state index contributed by atoms with van der Waals surface area (Å²) in [6.07, 6.45) is 3.59. The maximum absolute atomic E-state index is 13.9. The number of nitrogens with one attached hydrogen (secondary N) is 2. The van der Waals surface area contributed by atoms with Gasteiger partial charge in [0.2, 0.25) is 0 Å². The van der Waals surface area contributed by atoms with E-state index < -0.39 is 0 Å². The van der Waals surface area contributed by atoms with Gasteiger partial charge in [-0.1, -0.05) is 19.1 Å². The van der Waals surface area contributed by atoms with E-state index in [1.165, 1.54) is 16.9 Å². The summed E-state index contributed by atoms with van der Waals surface area (Å²) in [6.45, 7) is 6.58. The van der Waals surface area contributed by atoms with Gasteiger partial charge in [0.25, 0.3) is 5.91 Å². The number of nitrogens with zero attached hydrogens (tertiary/aromatic N) is 2. The van der Waals surface area contributed by atoms with Crippen LogP contribution in [0.3, 0.4) is 0 Å². The Labute approximate surface area is 153 Å². The molecule has 2 heterocycles. The summed E-state index contributed by atoms with van der Waals surface area (Å²) < 4.78 is 15.4. The van der Waals surface area contributed by atoms with Crippen molar-refractivity contribution in [3.63, 3.8) is 0 Å². The Morgan fingerprint density at radius 3 is 2.72 bits per heavy atom. The second-order valence-corrected chi connectivity index (χ2v) is 6.75. The molecule has 0 radical (unpaired) electrons. The molecule has 1 saturated heterocycles. The van der Waals surface area contributed by atoms with Gasteiger partial charge < -0.3 is 10.6 Å². The number of para-hydroxylation sites is 1. The molecule has 2 N–H and O–H groups in total. The molecule has 0 bridgehead atoms. The average Bonchev–Trinajstić information content (AvgIpc) is 2.95. The van der Waals surface area contributed by atoms with Crippen LogP contribution in [0.25, 0.3) is 5.69 Å². The van der Waals surface area contributed by atoms with Crippen molar-refractivity contribution in [1.29, 1.82) is 0 Å². The standard InChI is InChI=1S/C18H23FN4O.ClH/c1-13-14(11-22-23(13)16-6-4-3-5-15(16)19)17(24)21-12-18(2)7-9-20-10-8-18;/h3-6,11,20H,7-10,12H2,1-2H3,(H,21,24);1H. The van der Waals surface area contributed by atoms with Crippen LogP contribution in [0.4, 0.5) is 4.39 Å². The van der Waals surface area contributed by atoms with E-state index in [-0.39, 0.29) is 29.5 Å². The summed E-state index contributed by atoms with van der Waals surface area (Å²) in [6, 6.07) is 6.41. The van der Waals surface area contributed by atoms with Crippen LogP contribution in [0.1, 0.15) is 35.8 Å². The fourth-order valence-corrected chi connectivity index (χ4v) is 3.09. The molecule has 5 nitrogen and oxygen atoms in total. The highest BCUT2D eigenvalue weighted by Crippen LogP contribution is 2.27. The lowest BCUT2D eigenvalue weighted by molar-refractivity contribution is 0.0921. The zero-order valence-corrected chi connectivity index (χ0v) is 15.3. The van der Waals surface area contributed by atoms with Crippen LogP contribution in [0.5, 0.6) is 0 Å². The number of carbonyl (C=O) groups is 1. The number of piperidine rings is 1. The maximum atomic E-state index is 13.9. The first-order valence-electron chi connectivity index (χ1n) is 8.29. The number of benzene rings is 1. The van der Waals surface area contributed by atoms with Crippen LogP contribution in [0.2, 0.25) is 0 Å². The number of hydrogen-bond acceptors (Lipinski definition) is 3. The lowest BCUT2D eigenvalue weighted by atomic mass is 9.81. The van der Waals surface area contributed by atoms with Gasteiger partial charge in [0.1, 0.15) is 11.5 Å². The molecule has 136 valence electrons. The summed E-state index contributed by atoms with van der Waals surface area (Å²) in [7, 11) is 0.